The van der Waals surface area contributed by atoms with E-state index in [1.807, 2.05) is 0 Å². The van der Waals surface area contributed by atoms with Crippen molar-refractivity contribution in [2.75, 3.05) is 7.11 Å². The van der Waals surface area contributed by atoms with Crippen LogP contribution in [-0.4, -0.2) is 18.4 Å². The van der Waals surface area contributed by atoms with Gasteiger partial charge in [0.05, 0.1) is 13.2 Å². The zero-order valence-corrected chi connectivity index (χ0v) is 10.6. The van der Waals surface area contributed by atoms with Gasteiger partial charge in [0.15, 0.2) is 0 Å². The Morgan fingerprint density at radius 2 is 1.83 bits per heavy atom. The Morgan fingerprint density at radius 1 is 1.22 bits per heavy atom. The summed E-state index contributed by atoms with van der Waals surface area (Å²) in [6.45, 7) is 3.53. The Balaban J connectivity index is 2.86. The van der Waals surface area contributed by atoms with Gasteiger partial charge in [-0.2, -0.15) is 13.2 Å². The molecule has 0 aliphatic rings. The summed E-state index contributed by atoms with van der Waals surface area (Å²) in [6.07, 6.45) is -6.65. The van der Waals surface area contributed by atoms with E-state index in [2.05, 4.69) is 0 Å². The van der Waals surface area contributed by atoms with Gasteiger partial charge in [0, 0.05) is 6.42 Å². The fraction of sp³-hybridized carbons (Fsp3) is 0.538. The number of halogens is 3. The van der Waals surface area contributed by atoms with Crippen molar-refractivity contribution >= 4 is 0 Å². The number of methoxy groups -OCH3 is 1. The molecule has 18 heavy (non-hydrogen) atoms. The van der Waals surface area contributed by atoms with E-state index < -0.39 is 18.7 Å². The highest BCUT2D eigenvalue weighted by Gasteiger charge is 2.28. The number of hydrogen-bond donors (Lipinski definition) is 1. The first-order valence-electron chi connectivity index (χ1n) is 5.64. The van der Waals surface area contributed by atoms with E-state index in [-0.39, 0.29) is 6.42 Å². The Hall–Kier alpha value is -1.23. The summed E-state index contributed by atoms with van der Waals surface area (Å²) in [4.78, 5) is 0. The van der Waals surface area contributed by atoms with E-state index in [4.69, 9.17) is 4.74 Å². The van der Waals surface area contributed by atoms with Gasteiger partial charge in [0.2, 0.25) is 0 Å². The minimum Gasteiger partial charge on any atom is -0.496 e. The Labute approximate surface area is 104 Å². The number of benzene rings is 1. The van der Waals surface area contributed by atoms with Crippen LogP contribution in [0.15, 0.2) is 12.1 Å². The molecule has 1 rings (SSSR count). The lowest BCUT2D eigenvalue weighted by atomic mass is 9.97. The van der Waals surface area contributed by atoms with E-state index in [0.29, 0.717) is 11.3 Å². The van der Waals surface area contributed by atoms with E-state index in [0.717, 1.165) is 11.1 Å². The number of aliphatic hydroxyl groups excluding tert-OH is 1. The molecule has 0 aliphatic heterocycles. The van der Waals surface area contributed by atoms with Crippen LogP contribution >= 0.6 is 0 Å². The molecule has 0 fully saturated rings. The molecule has 0 aromatic heterocycles. The minimum atomic E-state index is -4.24. The summed E-state index contributed by atoms with van der Waals surface area (Å²) in [7, 11) is 1.53. The zero-order chi connectivity index (χ0) is 13.9. The van der Waals surface area contributed by atoms with Crippen LogP contribution in [0.1, 0.15) is 35.6 Å². The molecule has 5 heteroatoms. The van der Waals surface area contributed by atoms with Gasteiger partial charge in [-0.25, -0.2) is 0 Å². The fourth-order valence-electron chi connectivity index (χ4n) is 1.85. The van der Waals surface area contributed by atoms with E-state index >= 15 is 0 Å². The standard InChI is InChI=1S/C13H17F3O2/c1-8-7-12(18-3)9(2)6-10(8)11(17)4-5-13(14,15)16/h6-7,11,17H,4-5H2,1-3H3. The summed E-state index contributed by atoms with van der Waals surface area (Å²) in [5.74, 6) is 0.666. The highest BCUT2D eigenvalue weighted by Crippen LogP contribution is 2.31. The maximum atomic E-state index is 12.1. The molecule has 2 nitrogen and oxygen atoms in total. The third-order valence-electron chi connectivity index (χ3n) is 2.84. The highest BCUT2D eigenvalue weighted by atomic mass is 19.4. The monoisotopic (exact) mass is 262 g/mol. The molecule has 1 unspecified atom stereocenters. The molecule has 0 saturated heterocycles. The maximum absolute atomic E-state index is 12.1. The van der Waals surface area contributed by atoms with Crippen LogP contribution in [0, 0.1) is 13.8 Å². The topological polar surface area (TPSA) is 29.5 Å². The van der Waals surface area contributed by atoms with Crippen LogP contribution < -0.4 is 4.74 Å². The van der Waals surface area contributed by atoms with E-state index in [1.54, 1.807) is 26.0 Å². The summed E-state index contributed by atoms with van der Waals surface area (Å²) in [5.41, 5.74) is 2.05. The number of hydrogen-bond acceptors (Lipinski definition) is 2. The number of aliphatic hydroxyl groups is 1. The first kappa shape index (κ1) is 14.8. The van der Waals surface area contributed by atoms with Crippen molar-refractivity contribution in [1.82, 2.24) is 0 Å². The lowest BCUT2D eigenvalue weighted by molar-refractivity contribution is -0.140. The second kappa shape index (κ2) is 5.61. The second-order valence-corrected chi connectivity index (χ2v) is 4.35. The van der Waals surface area contributed by atoms with Crippen LogP contribution in [0.4, 0.5) is 13.2 Å². The van der Waals surface area contributed by atoms with E-state index in [9.17, 15) is 18.3 Å². The first-order chi connectivity index (χ1) is 8.24. The molecule has 0 aliphatic carbocycles. The van der Waals surface area contributed by atoms with Crippen molar-refractivity contribution in [3.05, 3.63) is 28.8 Å². The fourth-order valence-corrected chi connectivity index (χ4v) is 1.85. The van der Waals surface area contributed by atoms with Crippen molar-refractivity contribution in [1.29, 1.82) is 0 Å². The summed E-state index contributed by atoms with van der Waals surface area (Å²) >= 11 is 0. The number of aryl methyl sites for hydroxylation is 2. The van der Waals surface area contributed by atoms with Crippen LogP contribution in [0.3, 0.4) is 0 Å². The zero-order valence-electron chi connectivity index (χ0n) is 10.6. The average molecular weight is 262 g/mol. The van der Waals surface area contributed by atoms with Gasteiger partial charge in [-0.1, -0.05) is 0 Å². The van der Waals surface area contributed by atoms with E-state index in [1.165, 1.54) is 7.11 Å². The molecular formula is C13H17F3O2. The van der Waals surface area contributed by atoms with Crippen molar-refractivity contribution in [3.8, 4) is 5.75 Å². The van der Waals surface area contributed by atoms with Crippen molar-refractivity contribution in [2.24, 2.45) is 0 Å². The highest BCUT2D eigenvalue weighted by molar-refractivity contribution is 5.42. The largest absolute Gasteiger partial charge is 0.496 e. The third-order valence-corrected chi connectivity index (χ3v) is 2.84. The molecule has 0 saturated carbocycles. The normalized spacial score (nSPS) is 13.5. The molecule has 102 valence electrons. The quantitative estimate of drug-likeness (QED) is 0.896. The Kier molecular flexibility index (Phi) is 4.62. The summed E-state index contributed by atoms with van der Waals surface area (Å²) < 4.78 is 41.4. The van der Waals surface area contributed by atoms with Crippen LogP contribution in [0.5, 0.6) is 5.75 Å². The van der Waals surface area contributed by atoms with Gasteiger partial charge in [0.1, 0.15) is 5.75 Å². The molecule has 1 N–H and O–H groups in total. The van der Waals surface area contributed by atoms with Crippen molar-refractivity contribution in [3.63, 3.8) is 0 Å². The SMILES string of the molecule is COc1cc(C)c(C(O)CCC(F)(F)F)cc1C. The molecule has 0 bridgehead atoms. The minimum absolute atomic E-state index is 0.323. The summed E-state index contributed by atoms with van der Waals surface area (Å²) in [5, 5.41) is 9.81. The smallest absolute Gasteiger partial charge is 0.389 e. The van der Waals surface area contributed by atoms with Crippen LogP contribution in [0.25, 0.3) is 0 Å². The lowest BCUT2D eigenvalue weighted by Gasteiger charge is -2.17. The van der Waals surface area contributed by atoms with Crippen LogP contribution in [0.2, 0.25) is 0 Å². The van der Waals surface area contributed by atoms with Gasteiger partial charge in [0.25, 0.3) is 0 Å². The van der Waals surface area contributed by atoms with Gasteiger partial charge in [-0.05, 0) is 49.1 Å². The van der Waals surface area contributed by atoms with Crippen LogP contribution in [-0.2, 0) is 0 Å². The predicted octanol–water partition coefficient (Wildman–Crippen LogP) is 3.69. The Morgan fingerprint density at radius 3 is 2.33 bits per heavy atom. The predicted molar refractivity (Wildman–Crippen MR) is 62.7 cm³/mol. The van der Waals surface area contributed by atoms with Gasteiger partial charge >= 0.3 is 6.18 Å². The molecular weight excluding hydrogens is 245 g/mol. The molecule has 1 atom stereocenters. The molecule has 1 aromatic rings. The summed E-state index contributed by atoms with van der Waals surface area (Å²) in [6, 6.07) is 3.40. The number of ether oxygens (including phenoxy) is 1. The average Bonchev–Trinajstić information content (AvgIpc) is 2.27. The number of alkyl halides is 3. The van der Waals surface area contributed by atoms with Gasteiger partial charge < -0.3 is 9.84 Å². The molecule has 0 radical (unpaired) electrons. The number of rotatable bonds is 4. The third kappa shape index (κ3) is 3.91. The maximum Gasteiger partial charge on any atom is 0.389 e. The van der Waals surface area contributed by atoms with Crippen molar-refractivity contribution in [2.45, 2.75) is 39.0 Å². The lowest BCUT2D eigenvalue weighted by Crippen LogP contribution is -2.11. The Bertz CT molecular complexity index is 413. The molecule has 0 heterocycles. The molecule has 0 amide bonds. The van der Waals surface area contributed by atoms with Gasteiger partial charge in [-0.3, -0.25) is 0 Å². The first-order valence-corrected chi connectivity index (χ1v) is 5.64. The molecule has 0 spiro atoms. The second-order valence-electron chi connectivity index (χ2n) is 4.35. The van der Waals surface area contributed by atoms with Gasteiger partial charge in [-0.15, -0.1) is 0 Å². The van der Waals surface area contributed by atoms with Crippen molar-refractivity contribution < 1.29 is 23.0 Å². The molecule has 1 aromatic carbocycles.